The molecule has 0 bridgehead atoms. The zero-order valence-electron chi connectivity index (χ0n) is 33.9. The van der Waals surface area contributed by atoms with E-state index in [1.165, 1.54) is 22.5 Å². The fraction of sp³-hybridized carbons (Fsp3) is 0.452. The van der Waals surface area contributed by atoms with Crippen molar-refractivity contribution in [1.82, 2.24) is 24.3 Å². The Morgan fingerprint density at radius 1 is 0.778 bits per heavy atom. The molecular formula is C42H45Cl2F3N8O7S. The minimum atomic E-state index is -4.63. The molecule has 3 aromatic carbocycles. The Labute approximate surface area is 372 Å². The number of alkyl halides is 3. The summed E-state index contributed by atoms with van der Waals surface area (Å²) in [6.45, 7) is 5.94. The zero-order chi connectivity index (χ0) is 44.8. The van der Waals surface area contributed by atoms with Gasteiger partial charge < -0.3 is 15.1 Å². The van der Waals surface area contributed by atoms with Crippen molar-refractivity contribution in [3.05, 3.63) is 86.9 Å². The molecule has 0 aliphatic carbocycles. The minimum Gasteiger partial charge on any atom is -0.371 e. The summed E-state index contributed by atoms with van der Waals surface area (Å²) in [6.07, 6.45) is -0.624. The number of nitrogens with one attached hydrogen (secondary N) is 3. The van der Waals surface area contributed by atoms with Crippen molar-refractivity contribution in [2.75, 3.05) is 73.8 Å². The predicted octanol–water partition coefficient (Wildman–Crippen LogP) is 5.32. The number of anilines is 3. The number of carbonyl (C=O) groups is 5. The summed E-state index contributed by atoms with van der Waals surface area (Å²) in [5, 5.41) is 4.46. The number of likely N-dealkylation sites (tertiary alicyclic amines) is 1. The highest BCUT2D eigenvalue weighted by molar-refractivity contribution is 7.90. The SMILES string of the molecule is O=C1CCC(N2C(=O)c3ccc(N4CCC(CN5CCC(N6CCN(S(=O)(=O)Nc7ccc(Cl)cc7C(=O)Nc7ccc(C(F)(F)F)cc7Cl)CC6)CC5)CC4)cc3C2=O)C(=O)N1. The number of fused-ring (bicyclic) bond motifs is 1. The summed E-state index contributed by atoms with van der Waals surface area (Å²) in [6, 6.07) is 11.0. The number of nitrogens with zero attached hydrogens (tertiary/aromatic N) is 5. The first-order valence-electron chi connectivity index (χ1n) is 20.8. The Hall–Kier alpha value is -4.79. The Balaban J connectivity index is 0.784. The number of amides is 5. The molecule has 15 nitrogen and oxygen atoms in total. The molecule has 5 amide bonds. The summed E-state index contributed by atoms with van der Waals surface area (Å²) < 4.78 is 70.3. The van der Waals surface area contributed by atoms with Gasteiger partial charge >= 0.3 is 16.4 Å². The summed E-state index contributed by atoms with van der Waals surface area (Å²) in [7, 11) is -4.11. The second-order valence-corrected chi connectivity index (χ2v) is 19.0. The smallest absolute Gasteiger partial charge is 0.371 e. The number of hydrogen-bond acceptors (Lipinski definition) is 10. The topological polar surface area (TPSA) is 172 Å². The van der Waals surface area contributed by atoms with Gasteiger partial charge in [-0.3, -0.25) is 43.8 Å². The van der Waals surface area contributed by atoms with Crippen LogP contribution in [-0.4, -0.2) is 128 Å². The first-order chi connectivity index (χ1) is 29.9. The molecule has 5 aliphatic heterocycles. The van der Waals surface area contributed by atoms with Crippen molar-refractivity contribution in [2.24, 2.45) is 5.92 Å². The molecule has 8 rings (SSSR count). The second kappa shape index (κ2) is 18.0. The van der Waals surface area contributed by atoms with E-state index in [2.05, 4.69) is 30.1 Å². The van der Waals surface area contributed by atoms with Gasteiger partial charge in [0.1, 0.15) is 6.04 Å². The first-order valence-corrected chi connectivity index (χ1v) is 23.0. The highest BCUT2D eigenvalue weighted by atomic mass is 35.5. The van der Waals surface area contributed by atoms with Crippen LogP contribution in [0.4, 0.5) is 30.2 Å². The van der Waals surface area contributed by atoms with Gasteiger partial charge in [0, 0.05) is 69.0 Å². The van der Waals surface area contributed by atoms with Gasteiger partial charge in [-0.15, -0.1) is 0 Å². The van der Waals surface area contributed by atoms with E-state index in [0.29, 0.717) is 31.1 Å². The molecule has 0 spiro atoms. The monoisotopic (exact) mass is 932 g/mol. The molecule has 1 unspecified atom stereocenters. The summed E-state index contributed by atoms with van der Waals surface area (Å²) in [4.78, 5) is 71.8. The predicted molar refractivity (Wildman–Crippen MR) is 229 cm³/mol. The van der Waals surface area contributed by atoms with Crippen LogP contribution in [-0.2, 0) is 26.0 Å². The molecule has 336 valence electrons. The average Bonchev–Trinajstić information content (AvgIpc) is 3.50. The summed E-state index contributed by atoms with van der Waals surface area (Å²) in [5.41, 5.74) is 0.106. The second-order valence-electron chi connectivity index (χ2n) is 16.5. The van der Waals surface area contributed by atoms with Crippen LogP contribution in [0.5, 0.6) is 0 Å². The molecule has 63 heavy (non-hydrogen) atoms. The van der Waals surface area contributed by atoms with E-state index in [9.17, 15) is 45.6 Å². The maximum Gasteiger partial charge on any atom is 0.416 e. The lowest BCUT2D eigenvalue weighted by molar-refractivity contribution is -0.138. The lowest BCUT2D eigenvalue weighted by Crippen LogP contribution is -2.55. The van der Waals surface area contributed by atoms with Crippen LogP contribution in [0, 0.1) is 5.92 Å². The highest BCUT2D eigenvalue weighted by Crippen LogP contribution is 2.36. The van der Waals surface area contributed by atoms with Crippen LogP contribution in [0.25, 0.3) is 0 Å². The first kappa shape index (κ1) is 44.8. The van der Waals surface area contributed by atoms with E-state index in [4.69, 9.17) is 23.2 Å². The quantitative estimate of drug-likeness (QED) is 0.226. The summed E-state index contributed by atoms with van der Waals surface area (Å²) >= 11 is 12.2. The number of halogens is 5. The van der Waals surface area contributed by atoms with Crippen LogP contribution >= 0.6 is 23.2 Å². The van der Waals surface area contributed by atoms with Crippen molar-refractivity contribution < 1.29 is 45.6 Å². The van der Waals surface area contributed by atoms with Crippen molar-refractivity contribution in [2.45, 2.75) is 56.8 Å². The largest absolute Gasteiger partial charge is 0.416 e. The molecular weight excluding hydrogens is 888 g/mol. The number of carbonyl (C=O) groups excluding carboxylic acids is 5. The van der Waals surface area contributed by atoms with Crippen LogP contribution in [0.3, 0.4) is 0 Å². The molecule has 4 fully saturated rings. The maximum absolute atomic E-state index is 13.6. The molecule has 4 saturated heterocycles. The number of piperazine rings is 1. The molecule has 1 atom stereocenters. The normalized spacial score (nSPS) is 21.4. The van der Waals surface area contributed by atoms with Gasteiger partial charge in [-0.05, 0) is 106 Å². The van der Waals surface area contributed by atoms with E-state index in [-0.39, 0.29) is 64.0 Å². The Morgan fingerprint density at radius 3 is 2.13 bits per heavy atom. The maximum atomic E-state index is 13.6. The van der Waals surface area contributed by atoms with E-state index in [1.54, 1.807) is 12.1 Å². The van der Waals surface area contributed by atoms with Crippen LogP contribution in [0.1, 0.15) is 75.2 Å². The lowest BCUT2D eigenvalue weighted by atomic mass is 9.94. The standard InChI is InChI=1S/C42H45Cl2F3N8O7S/c43-27-2-6-34(32(22-27)38(57)48-35-5-1-26(21-33(35)44)42(45,46)47)50-63(61,62)54-19-17-53(18-20-54)28-11-13-51(14-12-28)24-25-9-15-52(16-10-25)29-3-4-30-31(23-29)41(60)55(40(30)59)36-7-8-37(56)49-39(36)58/h1-6,21-23,25,28,36,50H,7-20,24H2,(H,48,57)(H,49,56,58). The fourth-order valence-electron chi connectivity index (χ4n) is 9.15. The highest BCUT2D eigenvalue weighted by Gasteiger charge is 2.45. The van der Waals surface area contributed by atoms with Crippen molar-refractivity contribution in [3.8, 4) is 0 Å². The van der Waals surface area contributed by atoms with E-state index < -0.39 is 57.5 Å². The van der Waals surface area contributed by atoms with E-state index in [0.717, 1.165) is 81.1 Å². The molecule has 21 heteroatoms. The van der Waals surface area contributed by atoms with Crippen LogP contribution in [0.15, 0.2) is 54.6 Å². The minimum absolute atomic E-state index is 0.0575. The third-order valence-electron chi connectivity index (χ3n) is 12.6. The third-order valence-corrected chi connectivity index (χ3v) is 14.7. The molecule has 3 N–H and O–H groups in total. The molecule has 0 radical (unpaired) electrons. The van der Waals surface area contributed by atoms with Gasteiger partial charge in [-0.2, -0.15) is 25.9 Å². The molecule has 3 aromatic rings. The lowest BCUT2D eigenvalue weighted by Gasteiger charge is -2.43. The zero-order valence-corrected chi connectivity index (χ0v) is 36.3. The Bertz CT molecular complexity index is 2440. The van der Waals surface area contributed by atoms with Gasteiger partial charge in [0.2, 0.25) is 11.8 Å². The molecule has 0 aromatic heterocycles. The van der Waals surface area contributed by atoms with Gasteiger partial charge in [-0.1, -0.05) is 23.2 Å². The average molecular weight is 934 g/mol. The molecule has 5 aliphatic rings. The van der Waals surface area contributed by atoms with E-state index in [1.807, 2.05) is 6.07 Å². The van der Waals surface area contributed by atoms with Crippen molar-refractivity contribution >= 4 is 80.0 Å². The fourth-order valence-corrected chi connectivity index (χ4v) is 10.8. The van der Waals surface area contributed by atoms with Gasteiger partial charge in [0.25, 0.3) is 17.7 Å². The number of piperidine rings is 3. The van der Waals surface area contributed by atoms with Gasteiger partial charge in [0.05, 0.1) is 38.7 Å². The summed E-state index contributed by atoms with van der Waals surface area (Å²) in [5.74, 6) is -2.42. The van der Waals surface area contributed by atoms with Crippen molar-refractivity contribution in [3.63, 3.8) is 0 Å². The molecule has 5 heterocycles. The number of hydrogen-bond donors (Lipinski definition) is 3. The number of imide groups is 2. The van der Waals surface area contributed by atoms with Crippen LogP contribution < -0.4 is 20.3 Å². The van der Waals surface area contributed by atoms with Gasteiger partial charge in [-0.25, -0.2) is 0 Å². The molecule has 0 saturated carbocycles. The van der Waals surface area contributed by atoms with Crippen LogP contribution in [0.2, 0.25) is 10.0 Å². The number of benzene rings is 3. The number of rotatable bonds is 10. The van der Waals surface area contributed by atoms with E-state index >= 15 is 0 Å². The third kappa shape index (κ3) is 9.68. The van der Waals surface area contributed by atoms with Crippen molar-refractivity contribution in [1.29, 1.82) is 0 Å². The Morgan fingerprint density at radius 2 is 1.46 bits per heavy atom. The van der Waals surface area contributed by atoms with Gasteiger partial charge in [0.15, 0.2) is 0 Å². The Kier molecular flexibility index (Phi) is 12.8.